The molecular formula is C12H8Cl2N2O2. The molecule has 92 valence electrons. The monoisotopic (exact) mass is 282 g/mol. The van der Waals surface area contributed by atoms with E-state index in [2.05, 4.69) is 9.97 Å². The number of ether oxygens (including phenoxy) is 2. The normalized spacial score (nSPS) is 12.8. The lowest BCUT2D eigenvalue weighted by Crippen LogP contribution is -1.96. The van der Waals surface area contributed by atoms with E-state index >= 15 is 0 Å². The first kappa shape index (κ1) is 11.6. The number of halogens is 2. The highest BCUT2D eigenvalue weighted by atomic mass is 35.5. The van der Waals surface area contributed by atoms with Crippen molar-refractivity contribution >= 4 is 23.2 Å². The Morgan fingerprint density at radius 2 is 2.00 bits per heavy atom. The third-order valence-corrected chi connectivity index (χ3v) is 3.09. The van der Waals surface area contributed by atoms with Crippen molar-refractivity contribution in [2.45, 2.75) is 6.42 Å². The lowest BCUT2D eigenvalue weighted by Gasteiger charge is -2.04. The number of aromatic nitrogens is 2. The Balaban J connectivity index is 1.90. The van der Waals surface area contributed by atoms with Gasteiger partial charge in [0.25, 0.3) is 0 Å². The van der Waals surface area contributed by atoms with Crippen molar-refractivity contribution in [2.24, 2.45) is 0 Å². The average molecular weight is 283 g/mol. The van der Waals surface area contributed by atoms with E-state index in [1.807, 2.05) is 18.2 Å². The first-order valence-corrected chi connectivity index (χ1v) is 6.03. The van der Waals surface area contributed by atoms with Crippen LogP contribution in [0.5, 0.6) is 11.5 Å². The first-order chi connectivity index (χ1) is 8.72. The Kier molecular flexibility index (Phi) is 2.97. The highest BCUT2D eigenvalue weighted by Crippen LogP contribution is 2.33. The van der Waals surface area contributed by atoms with Gasteiger partial charge in [0.15, 0.2) is 11.5 Å². The van der Waals surface area contributed by atoms with E-state index in [1.54, 1.807) is 0 Å². The molecule has 0 saturated heterocycles. The van der Waals surface area contributed by atoms with E-state index in [0.717, 1.165) is 17.1 Å². The summed E-state index contributed by atoms with van der Waals surface area (Å²) in [6.45, 7) is 0.263. The zero-order chi connectivity index (χ0) is 12.5. The minimum Gasteiger partial charge on any atom is -0.454 e. The van der Waals surface area contributed by atoms with Gasteiger partial charge in [0.05, 0.1) is 16.9 Å². The number of benzene rings is 1. The molecule has 6 heteroatoms. The molecule has 0 bridgehead atoms. The molecule has 1 aliphatic rings. The highest BCUT2D eigenvalue weighted by molar-refractivity contribution is 6.31. The van der Waals surface area contributed by atoms with E-state index in [0.29, 0.717) is 17.1 Å². The largest absolute Gasteiger partial charge is 0.454 e. The van der Waals surface area contributed by atoms with Crippen molar-refractivity contribution in [2.75, 3.05) is 6.79 Å². The van der Waals surface area contributed by atoms with E-state index in [4.69, 9.17) is 32.7 Å². The fraction of sp³-hybridized carbons (Fsp3) is 0.167. The maximum absolute atomic E-state index is 6.02. The molecule has 18 heavy (non-hydrogen) atoms. The topological polar surface area (TPSA) is 44.2 Å². The van der Waals surface area contributed by atoms with Crippen LogP contribution in [0.4, 0.5) is 0 Å². The molecule has 0 N–H and O–H groups in total. The van der Waals surface area contributed by atoms with E-state index in [1.165, 1.54) is 6.20 Å². The first-order valence-electron chi connectivity index (χ1n) is 5.28. The number of nitrogens with zero attached hydrogens (tertiary/aromatic N) is 2. The number of hydrogen-bond acceptors (Lipinski definition) is 4. The van der Waals surface area contributed by atoms with Crippen LogP contribution < -0.4 is 9.47 Å². The van der Waals surface area contributed by atoms with Gasteiger partial charge in [0.1, 0.15) is 0 Å². The van der Waals surface area contributed by atoms with Gasteiger partial charge in [-0.05, 0) is 29.3 Å². The predicted octanol–water partition coefficient (Wildman–Crippen LogP) is 3.10. The average Bonchev–Trinajstić information content (AvgIpc) is 2.81. The minimum absolute atomic E-state index is 0.190. The zero-order valence-electron chi connectivity index (χ0n) is 9.19. The Labute approximate surface area is 113 Å². The summed E-state index contributed by atoms with van der Waals surface area (Å²) < 4.78 is 10.6. The van der Waals surface area contributed by atoms with Crippen LogP contribution in [-0.4, -0.2) is 16.8 Å². The summed E-state index contributed by atoms with van der Waals surface area (Å²) in [6.07, 6.45) is 2.07. The van der Waals surface area contributed by atoms with Crippen LogP contribution in [0.25, 0.3) is 0 Å². The molecule has 0 aliphatic carbocycles. The second kappa shape index (κ2) is 4.63. The highest BCUT2D eigenvalue weighted by Gasteiger charge is 2.14. The van der Waals surface area contributed by atoms with Gasteiger partial charge in [0, 0.05) is 6.42 Å². The standard InChI is InChI=1S/C12H8Cl2N2O2/c13-8-5-15-12(14)16-9(8)3-7-1-2-10-11(4-7)18-6-17-10/h1-2,4-5H,3,6H2. The maximum atomic E-state index is 6.02. The summed E-state index contributed by atoms with van der Waals surface area (Å²) in [7, 11) is 0. The Morgan fingerprint density at radius 3 is 2.89 bits per heavy atom. The Morgan fingerprint density at radius 1 is 1.17 bits per heavy atom. The Hall–Kier alpha value is -1.52. The molecule has 0 saturated carbocycles. The smallest absolute Gasteiger partial charge is 0.231 e. The summed E-state index contributed by atoms with van der Waals surface area (Å²) in [4.78, 5) is 7.93. The third kappa shape index (κ3) is 2.21. The molecule has 3 rings (SSSR count). The van der Waals surface area contributed by atoms with Crippen molar-refractivity contribution in [1.29, 1.82) is 0 Å². The molecule has 0 fully saturated rings. The lowest BCUT2D eigenvalue weighted by molar-refractivity contribution is 0.174. The molecule has 0 amide bonds. The maximum Gasteiger partial charge on any atom is 0.231 e. The molecule has 1 aliphatic heterocycles. The third-order valence-electron chi connectivity index (χ3n) is 2.60. The van der Waals surface area contributed by atoms with E-state index < -0.39 is 0 Å². The van der Waals surface area contributed by atoms with Gasteiger partial charge >= 0.3 is 0 Å². The SMILES string of the molecule is Clc1ncc(Cl)c(Cc2ccc3c(c2)OCO3)n1. The molecule has 0 spiro atoms. The summed E-state index contributed by atoms with van der Waals surface area (Å²) in [6, 6.07) is 5.73. The minimum atomic E-state index is 0.190. The van der Waals surface area contributed by atoms with Gasteiger partial charge in [-0.15, -0.1) is 0 Å². The van der Waals surface area contributed by atoms with Crippen molar-refractivity contribution in [3.63, 3.8) is 0 Å². The van der Waals surface area contributed by atoms with Crippen LogP contribution in [0, 0.1) is 0 Å². The summed E-state index contributed by atoms with van der Waals surface area (Å²) in [5.74, 6) is 1.49. The molecule has 1 aromatic heterocycles. The van der Waals surface area contributed by atoms with Crippen molar-refractivity contribution < 1.29 is 9.47 Å². The molecular weight excluding hydrogens is 275 g/mol. The number of fused-ring (bicyclic) bond motifs is 1. The lowest BCUT2D eigenvalue weighted by atomic mass is 10.1. The van der Waals surface area contributed by atoms with Crippen molar-refractivity contribution in [3.05, 3.63) is 46.0 Å². The van der Waals surface area contributed by atoms with E-state index in [-0.39, 0.29) is 12.1 Å². The van der Waals surface area contributed by atoms with Gasteiger partial charge in [-0.25, -0.2) is 9.97 Å². The van der Waals surface area contributed by atoms with Gasteiger partial charge in [0.2, 0.25) is 12.1 Å². The number of rotatable bonds is 2. The van der Waals surface area contributed by atoms with Crippen LogP contribution in [0.3, 0.4) is 0 Å². The quantitative estimate of drug-likeness (QED) is 0.794. The molecule has 2 heterocycles. The van der Waals surface area contributed by atoms with Crippen molar-refractivity contribution in [1.82, 2.24) is 9.97 Å². The van der Waals surface area contributed by atoms with Crippen LogP contribution >= 0.6 is 23.2 Å². The van der Waals surface area contributed by atoms with E-state index in [9.17, 15) is 0 Å². The van der Waals surface area contributed by atoms with Crippen molar-refractivity contribution in [3.8, 4) is 11.5 Å². The molecule has 0 unspecified atom stereocenters. The molecule has 4 nitrogen and oxygen atoms in total. The molecule has 0 atom stereocenters. The van der Waals surface area contributed by atoms with Gasteiger partial charge in [-0.3, -0.25) is 0 Å². The van der Waals surface area contributed by atoms with Gasteiger partial charge in [-0.2, -0.15) is 0 Å². The number of hydrogen-bond donors (Lipinski definition) is 0. The van der Waals surface area contributed by atoms with Crippen LogP contribution in [0.2, 0.25) is 10.3 Å². The second-order valence-corrected chi connectivity index (χ2v) is 4.54. The van der Waals surface area contributed by atoms with Gasteiger partial charge in [-0.1, -0.05) is 17.7 Å². The molecule has 0 radical (unpaired) electrons. The van der Waals surface area contributed by atoms with Crippen LogP contribution in [0.15, 0.2) is 24.4 Å². The molecule has 1 aromatic carbocycles. The fourth-order valence-electron chi connectivity index (χ4n) is 1.75. The summed E-state index contributed by atoms with van der Waals surface area (Å²) in [5, 5.41) is 0.687. The Bertz CT molecular complexity index is 605. The van der Waals surface area contributed by atoms with Crippen LogP contribution in [0.1, 0.15) is 11.3 Å². The summed E-state index contributed by atoms with van der Waals surface area (Å²) >= 11 is 11.8. The second-order valence-electron chi connectivity index (χ2n) is 3.80. The van der Waals surface area contributed by atoms with Gasteiger partial charge < -0.3 is 9.47 Å². The molecule has 2 aromatic rings. The summed E-state index contributed by atoms with van der Waals surface area (Å²) in [5.41, 5.74) is 1.71. The van der Waals surface area contributed by atoms with Crippen LogP contribution in [-0.2, 0) is 6.42 Å². The predicted molar refractivity (Wildman–Crippen MR) is 67.4 cm³/mol. The fourth-order valence-corrected chi connectivity index (χ4v) is 2.05. The zero-order valence-corrected chi connectivity index (χ0v) is 10.7.